The molecule has 0 fully saturated rings. The van der Waals surface area contributed by atoms with Gasteiger partial charge in [-0.3, -0.25) is 9.78 Å². The van der Waals surface area contributed by atoms with Crippen LogP contribution in [-0.2, 0) is 7.05 Å². The molecule has 30 heavy (non-hydrogen) atoms. The summed E-state index contributed by atoms with van der Waals surface area (Å²) >= 11 is 0. The lowest BCUT2D eigenvalue weighted by atomic mass is 10.0. The number of pyridine rings is 2. The van der Waals surface area contributed by atoms with Crippen LogP contribution in [-0.4, -0.2) is 39.6 Å². The largest absolute Gasteiger partial charge is 0.491 e. The first kappa shape index (κ1) is 21.4. The molecule has 0 saturated carbocycles. The van der Waals surface area contributed by atoms with Crippen LogP contribution in [0.3, 0.4) is 0 Å². The zero-order chi connectivity index (χ0) is 22.1. The van der Waals surface area contributed by atoms with Gasteiger partial charge in [0, 0.05) is 25.1 Å². The van der Waals surface area contributed by atoms with E-state index in [1.54, 1.807) is 38.5 Å². The summed E-state index contributed by atoms with van der Waals surface area (Å²) in [4.78, 5) is 27.7. The number of ether oxygens (including phenoxy) is 1. The molecule has 160 valence electrons. The molecule has 1 unspecified atom stereocenters. The molecule has 0 aliphatic carbocycles. The third kappa shape index (κ3) is 4.64. The molecule has 3 aromatic rings. The summed E-state index contributed by atoms with van der Waals surface area (Å²) in [6.45, 7) is 1.45. The van der Waals surface area contributed by atoms with E-state index in [1.165, 1.54) is 10.6 Å². The van der Waals surface area contributed by atoms with E-state index in [9.17, 15) is 22.8 Å². The molecule has 0 radical (unpaired) electrons. The van der Waals surface area contributed by atoms with Crippen molar-refractivity contribution < 1.29 is 27.8 Å². The standard InChI is InChI=1S/C20H20F3N3O4/c1-11-7-14-13-4-6-24-9-16(13)26(2)18(27)15(14)8-17(11)30-10-12(25-19(28)29)3-5-20(21,22)23/h4,6-9,12,25H,3,5,10H2,1-2H3,(H,28,29). The van der Waals surface area contributed by atoms with E-state index in [0.717, 1.165) is 5.39 Å². The molecule has 2 heterocycles. The first-order valence-electron chi connectivity index (χ1n) is 9.13. The van der Waals surface area contributed by atoms with E-state index in [1.807, 2.05) is 5.32 Å². The van der Waals surface area contributed by atoms with Crippen molar-refractivity contribution in [1.29, 1.82) is 0 Å². The molecule has 1 atom stereocenters. The summed E-state index contributed by atoms with van der Waals surface area (Å²) in [5.41, 5.74) is 1.06. The Labute approximate surface area is 169 Å². The minimum Gasteiger partial charge on any atom is -0.491 e. The Morgan fingerprint density at radius 3 is 2.70 bits per heavy atom. The highest BCUT2D eigenvalue weighted by Crippen LogP contribution is 2.29. The Hall–Kier alpha value is -3.30. The van der Waals surface area contributed by atoms with Gasteiger partial charge >= 0.3 is 12.3 Å². The molecule has 0 aliphatic rings. The molecule has 0 spiro atoms. The second-order valence-corrected chi connectivity index (χ2v) is 7.03. The Bertz CT molecular complexity index is 1160. The predicted molar refractivity (Wildman–Crippen MR) is 105 cm³/mol. The van der Waals surface area contributed by atoms with E-state index >= 15 is 0 Å². The highest BCUT2D eigenvalue weighted by atomic mass is 19.4. The number of benzene rings is 1. The van der Waals surface area contributed by atoms with Gasteiger partial charge in [-0.1, -0.05) is 0 Å². The van der Waals surface area contributed by atoms with Crippen molar-refractivity contribution in [3.05, 3.63) is 46.5 Å². The average Bonchev–Trinajstić information content (AvgIpc) is 2.67. The van der Waals surface area contributed by atoms with E-state index < -0.39 is 31.2 Å². The number of aromatic nitrogens is 2. The fourth-order valence-corrected chi connectivity index (χ4v) is 3.31. The number of carbonyl (C=O) groups is 1. The summed E-state index contributed by atoms with van der Waals surface area (Å²) in [6, 6.07) is 4.05. The van der Waals surface area contributed by atoms with Crippen molar-refractivity contribution in [1.82, 2.24) is 14.9 Å². The highest BCUT2D eigenvalue weighted by Gasteiger charge is 2.29. The maximum absolute atomic E-state index is 12.8. The molecule has 1 amide bonds. The number of carboxylic acid groups (broad SMARTS) is 1. The number of hydrogen-bond donors (Lipinski definition) is 2. The van der Waals surface area contributed by atoms with Crippen LogP contribution in [0.5, 0.6) is 5.75 Å². The number of alkyl halides is 3. The SMILES string of the molecule is Cc1cc2c(cc1OCC(CCC(F)(F)F)NC(=O)O)c(=O)n(C)c1cnccc21. The fraction of sp³-hybridized carbons (Fsp3) is 0.350. The van der Waals surface area contributed by atoms with Gasteiger partial charge in [0.1, 0.15) is 12.4 Å². The van der Waals surface area contributed by atoms with Gasteiger partial charge in [0.25, 0.3) is 5.56 Å². The summed E-state index contributed by atoms with van der Waals surface area (Å²) in [7, 11) is 1.62. The van der Waals surface area contributed by atoms with Gasteiger partial charge in [0.05, 0.1) is 23.1 Å². The Morgan fingerprint density at radius 1 is 1.30 bits per heavy atom. The van der Waals surface area contributed by atoms with Gasteiger partial charge in [-0.25, -0.2) is 4.79 Å². The number of aryl methyl sites for hydroxylation is 2. The maximum Gasteiger partial charge on any atom is 0.404 e. The van der Waals surface area contributed by atoms with Gasteiger partial charge in [0.2, 0.25) is 0 Å². The number of amides is 1. The first-order valence-corrected chi connectivity index (χ1v) is 9.13. The molecule has 10 heteroatoms. The van der Waals surface area contributed by atoms with Gasteiger partial charge < -0.3 is 19.7 Å². The maximum atomic E-state index is 12.8. The number of nitrogens with one attached hydrogen (secondary N) is 1. The van der Waals surface area contributed by atoms with Crippen molar-refractivity contribution in [2.24, 2.45) is 7.05 Å². The van der Waals surface area contributed by atoms with Crippen LogP contribution in [0.25, 0.3) is 21.7 Å². The summed E-state index contributed by atoms with van der Waals surface area (Å²) in [5, 5.41) is 12.8. The van der Waals surface area contributed by atoms with Crippen LogP contribution in [0.4, 0.5) is 18.0 Å². The minimum absolute atomic E-state index is 0.271. The fourth-order valence-electron chi connectivity index (χ4n) is 3.31. The lowest BCUT2D eigenvalue weighted by Crippen LogP contribution is -2.39. The zero-order valence-corrected chi connectivity index (χ0v) is 16.3. The molecular weight excluding hydrogens is 403 g/mol. The van der Waals surface area contributed by atoms with Crippen LogP contribution >= 0.6 is 0 Å². The first-order chi connectivity index (χ1) is 14.1. The van der Waals surface area contributed by atoms with Gasteiger partial charge in [-0.15, -0.1) is 0 Å². The molecule has 2 aromatic heterocycles. The van der Waals surface area contributed by atoms with E-state index in [2.05, 4.69) is 4.98 Å². The van der Waals surface area contributed by atoms with Crippen molar-refractivity contribution >= 4 is 27.8 Å². The third-order valence-corrected chi connectivity index (χ3v) is 4.85. The smallest absolute Gasteiger partial charge is 0.404 e. The van der Waals surface area contributed by atoms with Crippen LogP contribution in [0.2, 0.25) is 0 Å². The van der Waals surface area contributed by atoms with Crippen LogP contribution < -0.4 is 15.6 Å². The number of rotatable bonds is 6. The summed E-state index contributed by atoms with van der Waals surface area (Å²) < 4.78 is 44.6. The minimum atomic E-state index is -4.40. The molecule has 3 rings (SSSR count). The van der Waals surface area contributed by atoms with E-state index in [-0.39, 0.29) is 12.2 Å². The topological polar surface area (TPSA) is 93.5 Å². The quantitative estimate of drug-likeness (QED) is 0.589. The Kier molecular flexibility index (Phi) is 5.86. The lowest BCUT2D eigenvalue weighted by molar-refractivity contribution is -0.136. The van der Waals surface area contributed by atoms with Gasteiger partial charge in [-0.2, -0.15) is 13.2 Å². The molecule has 0 bridgehead atoms. The van der Waals surface area contributed by atoms with E-state index in [4.69, 9.17) is 9.84 Å². The van der Waals surface area contributed by atoms with Crippen molar-refractivity contribution in [3.63, 3.8) is 0 Å². The van der Waals surface area contributed by atoms with Crippen LogP contribution in [0.1, 0.15) is 18.4 Å². The molecule has 0 aliphatic heterocycles. The number of fused-ring (bicyclic) bond motifs is 3. The number of halogens is 3. The molecule has 1 aromatic carbocycles. The van der Waals surface area contributed by atoms with Crippen LogP contribution in [0.15, 0.2) is 35.4 Å². The highest BCUT2D eigenvalue weighted by molar-refractivity contribution is 6.06. The zero-order valence-electron chi connectivity index (χ0n) is 16.3. The number of hydrogen-bond acceptors (Lipinski definition) is 4. The predicted octanol–water partition coefficient (Wildman–Crippen LogP) is 3.75. The second kappa shape index (κ2) is 8.21. The van der Waals surface area contributed by atoms with Gasteiger partial charge in [-0.05, 0) is 42.5 Å². The van der Waals surface area contributed by atoms with Crippen molar-refractivity contribution in [2.45, 2.75) is 32.0 Å². The summed E-state index contributed by atoms with van der Waals surface area (Å²) in [6.07, 6.45) is -4.22. The Morgan fingerprint density at radius 2 is 2.03 bits per heavy atom. The molecule has 7 nitrogen and oxygen atoms in total. The summed E-state index contributed by atoms with van der Waals surface area (Å²) in [5.74, 6) is 0.303. The van der Waals surface area contributed by atoms with Crippen molar-refractivity contribution in [2.75, 3.05) is 6.61 Å². The average molecular weight is 423 g/mol. The van der Waals surface area contributed by atoms with Crippen molar-refractivity contribution in [3.8, 4) is 5.75 Å². The molecule has 2 N–H and O–H groups in total. The normalized spacial score (nSPS) is 12.8. The number of nitrogens with zero attached hydrogens (tertiary/aromatic N) is 2. The second-order valence-electron chi connectivity index (χ2n) is 7.03. The molecule has 0 saturated heterocycles. The third-order valence-electron chi connectivity index (χ3n) is 4.85. The van der Waals surface area contributed by atoms with Gasteiger partial charge in [0.15, 0.2) is 0 Å². The Balaban J connectivity index is 1.93. The molecular formula is C20H20F3N3O4. The lowest BCUT2D eigenvalue weighted by Gasteiger charge is -2.20. The van der Waals surface area contributed by atoms with Crippen LogP contribution in [0, 0.1) is 6.92 Å². The monoisotopic (exact) mass is 423 g/mol. The van der Waals surface area contributed by atoms with E-state index in [0.29, 0.717) is 27.6 Å².